The molecule has 0 atom stereocenters. The van der Waals surface area contributed by atoms with Crippen LogP contribution in [-0.2, 0) is 0 Å². The van der Waals surface area contributed by atoms with E-state index in [1.54, 1.807) is 18.2 Å². The molecule has 74 valence electrons. The molecule has 1 aromatic rings. The van der Waals surface area contributed by atoms with Crippen LogP contribution in [0.1, 0.15) is 5.56 Å². The molecule has 3 nitrogen and oxygen atoms in total. The van der Waals surface area contributed by atoms with E-state index in [1.165, 1.54) is 0 Å². The van der Waals surface area contributed by atoms with Gasteiger partial charge in [-0.1, -0.05) is 11.6 Å². The Kier molecular flexibility index (Phi) is 3.75. The summed E-state index contributed by atoms with van der Waals surface area (Å²) >= 11 is 5.76. The van der Waals surface area contributed by atoms with Gasteiger partial charge in [-0.15, -0.1) is 0 Å². The quantitative estimate of drug-likeness (QED) is 0.825. The molecular weight excluding hydrogens is 200 g/mol. The Hall–Kier alpha value is -1.24. The van der Waals surface area contributed by atoms with Crippen LogP contribution in [0.3, 0.4) is 0 Å². The van der Waals surface area contributed by atoms with E-state index in [0.717, 1.165) is 5.69 Å². The Bertz CT molecular complexity index is 360. The summed E-state index contributed by atoms with van der Waals surface area (Å²) in [5.74, 6) is 0. The first-order chi connectivity index (χ1) is 6.69. The third-order valence-electron chi connectivity index (χ3n) is 1.93. The van der Waals surface area contributed by atoms with Crippen LogP contribution in [0.25, 0.3) is 0 Å². The fraction of sp³-hybridized carbons (Fsp3) is 0.300. The molecule has 4 heteroatoms. The second kappa shape index (κ2) is 4.85. The van der Waals surface area contributed by atoms with Crippen LogP contribution in [-0.4, -0.2) is 25.3 Å². The lowest BCUT2D eigenvalue weighted by molar-refractivity contribution is 0.304. The molecule has 0 aliphatic rings. The van der Waals surface area contributed by atoms with Gasteiger partial charge >= 0.3 is 0 Å². The van der Waals surface area contributed by atoms with Crippen molar-refractivity contribution in [2.45, 2.75) is 0 Å². The van der Waals surface area contributed by atoms with E-state index in [-0.39, 0.29) is 6.61 Å². The molecule has 14 heavy (non-hydrogen) atoms. The predicted molar refractivity (Wildman–Crippen MR) is 56.5 cm³/mol. The summed E-state index contributed by atoms with van der Waals surface area (Å²) in [6.07, 6.45) is 0. The van der Waals surface area contributed by atoms with Crippen molar-refractivity contribution in [1.29, 1.82) is 5.26 Å². The summed E-state index contributed by atoms with van der Waals surface area (Å²) in [6, 6.07) is 7.19. The topological polar surface area (TPSA) is 47.3 Å². The van der Waals surface area contributed by atoms with E-state index in [9.17, 15) is 0 Å². The summed E-state index contributed by atoms with van der Waals surface area (Å²) in [5, 5.41) is 18.2. The zero-order valence-corrected chi connectivity index (χ0v) is 8.62. The second-order valence-electron chi connectivity index (χ2n) is 2.92. The lowest BCUT2D eigenvalue weighted by Crippen LogP contribution is -2.21. The Morgan fingerprint density at radius 1 is 1.57 bits per heavy atom. The summed E-state index contributed by atoms with van der Waals surface area (Å²) in [4.78, 5) is 1.81. The molecule has 0 aliphatic carbocycles. The van der Waals surface area contributed by atoms with Gasteiger partial charge in [0.05, 0.1) is 17.9 Å². The van der Waals surface area contributed by atoms with Crippen LogP contribution in [0.4, 0.5) is 5.69 Å². The molecule has 0 heterocycles. The Labute approximate surface area is 88.1 Å². The van der Waals surface area contributed by atoms with Gasteiger partial charge in [0.1, 0.15) is 6.07 Å². The highest BCUT2D eigenvalue weighted by Crippen LogP contribution is 2.22. The lowest BCUT2D eigenvalue weighted by atomic mass is 10.2. The van der Waals surface area contributed by atoms with Crippen molar-refractivity contribution in [3.8, 4) is 6.07 Å². The minimum absolute atomic E-state index is 0.0595. The fourth-order valence-electron chi connectivity index (χ4n) is 1.20. The first kappa shape index (κ1) is 10.8. The van der Waals surface area contributed by atoms with Crippen LogP contribution in [0.15, 0.2) is 18.2 Å². The molecular formula is C10H11ClN2O. The summed E-state index contributed by atoms with van der Waals surface area (Å²) in [5.41, 5.74) is 1.31. The van der Waals surface area contributed by atoms with Gasteiger partial charge in [-0.2, -0.15) is 5.26 Å². The van der Waals surface area contributed by atoms with Crippen molar-refractivity contribution >= 4 is 17.3 Å². The van der Waals surface area contributed by atoms with Crippen molar-refractivity contribution in [3.05, 3.63) is 28.8 Å². The maximum Gasteiger partial charge on any atom is 0.101 e. The Morgan fingerprint density at radius 2 is 2.29 bits per heavy atom. The van der Waals surface area contributed by atoms with Crippen molar-refractivity contribution < 1.29 is 5.11 Å². The van der Waals surface area contributed by atoms with Crippen LogP contribution in [0.2, 0.25) is 5.02 Å². The summed E-state index contributed by atoms with van der Waals surface area (Å²) in [6.45, 7) is 0.556. The highest BCUT2D eigenvalue weighted by Gasteiger charge is 2.06. The number of aliphatic hydroxyl groups excluding tert-OH is 1. The number of aliphatic hydroxyl groups is 1. The zero-order chi connectivity index (χ0) is 10.6. The molecule has 1 rings (SSSR count). The van der Waals surface area contributed by atoms with Crippen molar-refractivity contribution in [2.75, 3.05) is 25.1 Å². The van der Waals surface area contributed by atoms with Crippen molar-refractivity contribution in [3.63, 3.8) is 0 Å². The normalized spacial score (nSPS) is 9.57. The number of hydrogen-bond acceptors (Lipinski definition) is 3. The number of benzene rings is 1. The maximum atomic E-state index is 8.86. The monoisotopic (exact) mass is 210 g/mol. The van der Waals surface area contributed by atoms with Crippen LogP contribution in [0.5, 0.6) is 0 Å². The van der Waals surface area contributed by atoms with Gasteiger partial charge in [0, 0.05) is 18.6 Å². The van der Waals surface area contributed by atoms with Gasteiger partial charge in [-0.3, -0.25) is 0 Å². The number of anilines is 1. The number of likely N-dealkylation sites (N-methyl/N-ethyl adjacent to an activating group) is 1. The minimum atomic E-state index is 0.0595. The molecule has 0 bridgehead atoms. The van der Waals surface area contributed by atoms with Gasteiger partial charge in [0.15, 0.2) is 0 Å². The van der Waals surface area contributed by atoms with E-state index in [1.807, 2.05) is 11.9 Å². The largest absolute Gasteiger partial charge is 0.395 e. The van der Waals surface area contributed by atoms with E-state index in [4.69, 9.17) is 22.0 Å². The fourth-order valence-corrected chi connectivity index (χ4v) is 1.37. The van der Waals surface area contributed by atoms with E-state index in [0.29, 0.717) is 17.1 Å². The summed E-state index contributed by atoms with van der Waals surface area (Å²) < 4.78 is 0. The third kappa shape index (κ3) is 2.38. The maximum absolute atomic E-state index is 8.86. The van der Waals surface area contributed by atoms with Gasteiger partial charge in [0.2, 0.25) is 0 Å². The Balaban J connectivity index is 3.03. The van der Waals surface area contributed by atoms with Gasteiger partial charge < -0.3 is 10.0 Å². The molecule has 0 spiro atoms. The third-order valence-corrected chi connectivity index (χ3v) is 2.16. The molecule has 0 amide bonds. The number of rotatable bonds is 3. The molecule has 0 saturated carbocycles. The van der Waals surface area contributed by atoms with E-state index in [2.05, 4.69) is 6.07 Å². The molecule has 0 unspecified atom stereocenters. The first-order valence-corrected chi connectivity index (χ1v) is 4.58. The number of nitriles is 1. The van der Waals surface area contributed by atoms with Crippen LogP contribution < -0.4 is 4.90 Å². The first-order valence-electron chi connectivity index (χ1n) is 4.20. The standard InChI is InChI=1S/C10H11ClN2O/c1-13(4-5-14)10-3-2-9(11)6-8(10)7-12/h2-3,6,14H,4-5H2,1H3. The average Bonchev–Trinajstić information content (AvgIpc) is 2.17. The molecule has 0 saturated heterocycles. The highest BCUT2D eigenvalue weighted by molar-refractivity contribution is 6.30. The van der Waals surface area contributed by atoms with Crippen LogP contribution >= 0.6 is 11.6 Å². The van der Waals surface area contributed by atoms with E-state index >= 15 is 0 Å². The van der Waals surface area contributed by atoms with Gasteiger partial charge in [-0.25, -0.2) is 0 Å². The minimum Gasteiger partial charge on any atom is -0.395 e. The number of hydrogen-bond donors (Lipinski definition) is 1. The zero-order valence-electron chi connectivity index (χ0n) is 7.87. The molecule has 0 aromatic heterocycles. The molecule has 0 fully saturated rings. The summed E-state index contributed by atoms with van der Waals surface area (Å²) in [7, 11) is 1.82. The lowest BCUT2D eigenvalue weighted by Gasteiger charge is -2.19. The SMILES string of the molecule is CN(CCO)c1ccc(Cl)cc1C#N. The van der Waals surface area contributed by atoms with Gasteiger partial charge in [-0.05, 0) is 18.2 Å². The number of halogens is 1. The number of nitrogens with zero attached hydrogens (tertiary/aromatic N) is 2. The second-order valence-corrected chi connectivity index (χ2v) is 3.35. The van der Waals surface area contributed by atoms with E-state index < -0.39 is 0 Å². The smallest absolute Gasteiger partial charge is 0.101 e. The molecule has 0 radical (unpaired) electrons. The molecule has 1 N–H and O–H groups in total. The molecule has 1 aromatic carbocycles. The van der Waals surface area contributed by atoms with Gasteiger partial charge in [0.25, 0.3) is 0 Å². The molecule has 0 aliphatic heterocycles. The van der Waals surface area contributed by atoms with Crippen molar-refractivity contribution in [2.24, 2.45) is 0 Å². The predicted octanol–water partition coefficient (Wildman–Crippen LogP) is 1.64. The Morgan fingerprint density at radius 3 is 2.86 bits per heavy atom. The van der Waals surface area contributed by atoms with Crippen LogP contribution in [0, 0.1) is 11.3 Å². The average molecular weight is 211 g/mol. The van der Waals surface area contributed by atoms with Crippen molar-refractivity contribution in [1.82, 2.24) is 0 Å². The highest BCUT2D eigenvalue weighted by atomic mass is 35.5.